The molecule has 7 N–H and O–H groups in total. The Balaban J connectivity index is -0.0000000417. The molecule has 0 spiro atoms. The summed E-state index contributed by atoms with van der Waals surface area (Å²) in [5.74, 6) is 4.04. The molecule has 0 aromatic heterocycles. The average Bonchev–Trinajstić information content (AvgIpc) is 1.35. The second kappa shape index (κ2) is 9.07. The quantitative estimate of drug-likeness (QED) is 0.268. The Kier molecular flexibility index (Phi) is 22.7. The van der Waals surface area contributed by atoms with Crippen molar-refractivity contribution in [3.63, 3.8) is 0 Å². The maximum absolute atomic E-state index is 9.35. The van der Waals surface area contributed by atoms with E-state index in [0.717, 1.165) is 0 Å². The minimum atomic E-state index is -4.37. The van der Waals surface area contributed by atoms with E-state index >= 15 is 0 Å². The van der Waals surface area contributed by atoms with Crippen LogP contribution in [0.2, 0.25) is 0 Å². The van der Waals surface area contributed by atoms with Crippen LogP contribution in [-0.2, 0) is 43.3 Å². The molecule has 0 fully saturated rings. The topological polar surface area (TPSA) is 128 Å². The summed E-state index contributed by atoms with van der Waals surface area (Å²) >= 11 is 0. The molecule has 0 aliphatic rings. The van der Waals surface area contributed by atoms with Crippen LogP contribution in [0.4, 0.5) is 0 Å². The number of hydrogen-bond acceptors (Lipinski definition) is 4. The molecule has 0 aromatic carbocycles. The van der Waals surface area contributed by atoms with Gasteiger partial charge in [-0.1, -0.05) is 0 Å². The Morgan fingerprint density at radius 3 is 1.56 bits per heavy atom. The van der Waals surface area contributed by atoms with Gasteiger partial charge in [-0.25, -0.2) is 15.1 Å². The molecule has 0 atom stereocenters. The van der Waals surface area contributed by atoms with E-state index in [9.17, 15) is 4.57 Å². The monoisotopic (exact) mass is 241 g/mol. The van der Waals surface area contributed by atoms with Crippen LogP contribution in [0.1, 0.15) is 0 Å². The first-order valence-corrected chi connectivity index (χ1v) is 2.53. The summed E-state index contributed by atoms with van der Waals surface area (Å²) in [5, 5.41) is 0. The third-order valence-electron chi connectivity index (χ3n) is 0.137. The van der Waals surface area contributed by atoms with Gasteiger partial charge in [-0.15, -0.1) is 0 Å². The average molecular weight is 241 g/mol. The van der Waals surface area contributed by atoms with E-state index in [1.165, 1.54) is 0 Å². The fraction of sp³-hybridized carbons (Fsp3) is 0. The summed E-state index contributed by atoms with van der Waals surface area (Å²) in [6, 6.07) is 0. The molecule has 61 valence electrons. The maximum atomic E-state index is 9.35. The minimum absolute atomic E-state index is 0. The molecule has 9 heavy (non-hydrogen) atoms. The first-order valence-electron chi connectivity index (χ1n) is 1.00. The van der Waals surface area contributed by atoms with Crippen molar-refractivity contribution in [1.29, 1.82) is 0 Å². The van der Waals surface area contributed by atoms with Gasteiger partial charge >= 0.3 is 7.82 Å². The van der Waals surface area contributed by atoms with Gasteiger partial charge in [-0.3, -0.25) is 0 Å². The van der Waals surface area contributed by atoms with E-state index in [1.807, 2.05) is 0 Å². The van der Waals surface area contributed by atoms with E-state index in [-0.39, 0.29) is 40.3 Å². The summed E-state index contributed by atoms with van der Waals surface area (Å²) in [6.07, 6.45) is 0. The Morgan fingerprint density at radius 2 is 1.56 bits per heavy atom. The predicted molar refractivity (Wildman–Crippen MR) is 22.3 cm³/mol. The van der Waals surface area contributed by atoms with Gasteiger partial charge < -0.3 is 15.9 Å². The number of rotatable bonds is 1. The maximum Gasteiger partial charge on any atom is 0.485 e. The summed E-state index contributed by atoms with van der Waals surface area (Å²) in [5.41, 5.74) is 0. The van der Waals surface area contributed by atoms with Gasteiger partial charge in [0, 0.05) is 34.1 Å². The first-order chi connectivity index (χ1) is 2.56. The van der Waals surface area contributed by atoms with Crippen LogP contribution in [0.15, 0.2) is 0 Å². The van der Waals surface area contributed by atoms with E-state index in [1.54, 1.807) is 0 Å². The smallest absolute Gasteiger partial charge is 0.344 e. The molecule has 6 nitrogen and oxygen atoms in total. The van der Waals surface area contributed by atoms with E-state index < -0.39 is 7.82 Å². The molecule has 0 unspecified atom stereocenters. The zero-order chi connectivity index (χ0) is 5.21. The molecular formula is H7FeMnN2O4P. The zero-order valence-electron chi connectivity index (χ0n) is 4.17. The van der Waals surface area contributed by atoms with Crippen molar-refractivity contribution >= 4 is 7.82 Å². The normalized spacial score (nSPS) is 7.89. The van der Waals surface area contributed by atoms with Crippen molar-refractivity contribution in [2.24, 2.45) is 5.90 Å². The Hall–Kier alpha value is 1.07. The molecule has 0 aliphatic heterocycles. The van der Waals surface area contributed by atoms with Crippen molar-refractivity contribution in [3.8, 4) is 0 Å². The zero-order valence-corrected chi connectivity index (χ0v) is 7.35. The molecular weight excluding hydrogens is 234 g/mol. The van der Waals surface area contributed by atoms with Crippen LogP contribution < -0.4 is 12.0 Å². The Labute approximate surface area is 73.2 Å². The van der Waals surface area contributed by atoms with Crippen molar-refractivity contribution in [1.82, 2.24) is 6.15 Å². The molecule has 0 bridgehead atoms. The van der Waals surface area contributed by atoms with Crippen LogP contribution >= 0.6 is 7.82 Å². The van der Waals surface area contributed by atoms with Crippen LogP contribution in [0.5, 0.6) is 0 Å². The van der Waals surface area contributed by atoms with Crippen LogP contribution in [0.3, 0.4) is 0 Å². The molecule has 0 aliphatic carbocycles. The van der Waals surface area contributed by atoms with Crippen LogP contribution in [0, 0.1) is 0 Å². The third kappa shape index (κ3) is 27.4. The molecule has 0 heterocycles. The van der Waals surface area contributed by atoms with E-state index in [0.29, 0.717) is 0 Å². The van der Waals surface area contributed by atoms with Gasteiger partial charge in [0.25, 0.3) is 0 Å². The second-order valence-corrected chi connectivity index (χ2v) is 1.79. The largest absolute Gasteiger partial charge is 0.485 e. The fourth-order valence-corrected chi connectivity index (χ4v) is 0. The van der Waals surface area contributed by atoms with E-state index in [2.05, 4.69) is 10.5 Å². The van der Waals surface area contributed by atoms with Gasteiger partial charge in [0.1, 0.15) is 0 Å². The van der Waals surface area contributed by atoms with Crippen molar-refractivity contribution in [2.45, 2.75) is 0 Å². The number of phosphoric acid groups is 1. The molecule has 0 rings (SSSR count). The standard InChI is InChI=1S/Fe.Mn.H4NO4P.H3N/c;;1-5-6(2,3)4;/h;;1H2,(H2,2,3,4);1H3. The molecule has 1 radical (unpaired) electrons. The molecule has 0 amide bonds. The Morgan fingerprint density at radius 1 is 1.44 bits per heavy atom. The SMILES string of the molecule is N.NOP(=O)(O)O.[Fe].[Mn]. The third-order valence-corrected chi connectivity index (χ3v) is 0.412. The van der Waals surface area contributed by atoms with E-state index in [4.69, 9.17) is 9.79 Å². The summed E-state index contributed by atoms with van der Waals surface area (Å²) in [7, 11) is -4.37. The molecule has 0 saturated carbocycles. The summed E-state index contributed by atoms with van der Waals surface area (Å²) in [4.78, 5) is 15.2. The van der Waals surface area contributed by atoms with Crippen LogP contribution in [-0.4, -0.2) is 9.79 Å². The fourth-order valence-electron chi connectivity index (χ4n) is 0. The van der Waals surface area contributed by atoms with Gasteiger partial charge in [-0.05, 0) is 0 Å². The van der Waals surface area contributed by atoms with Crippen molar-refractivity contribution in [3.05, 3.63) is 0 Å². The van der Waals surface area contributed by atoms with Crippen molar-refractivity contribution in [2.75, 3.05) is 0 Å². The Bertz CT molecular complexity index is 82.6. The predicted octanol–water partition coefficient (Wildman–Crippen LogP) is -0.874. The second-order valence-electron chi connectivity index (χ2n) is 0.596. The van der Waals surface area contributed by atoms with Gasteiger partial charge in [-0.2, -0.15) is 0 Å². The summed E-state index contributed by atoms with van der Waals surface area (Å²) < 4.78 is 12.5. The number of nitrogens with two attached hydrogens (primary N) is 1. The van der Waals surface area contributed by atoms with Gasteiger partial charge in [0.05, 0.1) is 0 Å². The first kappa shape index (κ1) is 22.5. The van der Waals surface area contributed by atoms with Crippen molar-refractivity contribution < 1.29 is 53.1 Å². The number of hydrogen-bond donors (Lipinski definition) is 4. The molecule has 0 saturated heterocycles. The van der Waals surface area contributed by atoms with Gasteiger partial charge in [0.2, 0.25) is 0 Å². The van der Waals surface area contributed by atoms with Gasteiger partial charge in [0.15, 0.2) is 0 Å². The molecule has 0 aromatic rings. The van der Waals surface area contributed by atoms with Crippen LogP contribution in [0.25, 0.3) is 0 Å². The molecule has 9 heteroatoms. The summed E-state index contributed by atoms with van der Waals surface area (Å²) in [6.45, 7) is 0. The minimum Gasteiger partial charge on any atom is -0.344 e.